The Morgan fingerprint density at radius 1 is 1.29 bits per heavy atom. The predicted octanol–water partition coefficient (Wildman–Crippen LogP) is 4.09. The molecule has 1 aromatic heterocycles. The number of aryl methyl sites for hydroxylation is 1. The van der Waals surface area contributed by atoms with E-state index in [1.54, 1.807) is 0 Å². The quantitative estimate of drug-likeness (QED) is 0.844. The molecule has 1 amide bonds. The fraction of sp³-hybridized carbons (Fsp3) is 0.294. The first-order chi connectivity index (χ1) is 9.95. The van der Waals surface area contributed by atoms with Gasteiger partial charge in [0, 0.05) is 42.3 Å². The van der Waals surface area contributed by atoms with Crippen LogP contribution in [0, 0.1) is 6.92 Å². The number of hydrogen-bond acceptors (Lipinski definition) is 2. The Bertz CT molecular complexity index is 651. The van der Waals surface area contributed by atoms with Crippen LogP contribution in [-0.2, 0) is 4.79 Å². The summed E-state index contributed by atoms with van der Waals surface area (Å²) >= 11 is 0. The number of rotatable bonds is 4. The molecule has 0 unspecified atom stereocenters. The van der Waals surface area contributed by atoms with Crippen molar-refractivity contribution in [2.45, 2.75) is 33.7 Å². The van der Waals surface area contributed by atoms with E-state index in [0.717, 1.165) is 16.9 Å². The SMILES string of the molecule is CC(=O)Nc1ccc(N=Cc2cc(C)n(C(C)C)c2)cc1. The molecule has 0 aliphatic rings. The van der Waals surface area contributed by atoms with Crippen molar-refractivity contribution in [3.63, 3.8) is 0 Å². The van der Waals surface area contributed by atoms with Crippen LogP contribution in [0.25, 0.3) is 0 Å². The Morgan fingerprint density at radius 3 is 2.48 bits per heavy atom. The summed E-state index contributed by atoms with van der Waals surface area (Å²) in [5.74, 6) is -0.0725. The van der Waals surface area contributed by atoms with Gasteiger partial charge in [-0.1, -0.05) is 0 Å². The minimum absolute atomic E-state index is 0.0725. The molecular weight excluding hydrogens is 262 g/mol. The van der Waals surface area contributed by atoms with Gasteiger partial charge in [0.15, 0.2) is 0 Å². The third kappa shape index (κ3) is 4.05. The van der Waals surface area contributed by atoms with Gasteiger partial charge in [0.2, 0.25) is 5.91 Å². The predicted molar refractivity (Wildman–Crippen MR) is 87.6 cm³/mol. The van der Waals surface area contributed by atoms with Gasteiger partial charge < -0.3 is 9.88 Å². The molecule has 1 aromatic carbocycles. The van der Waals surface area contributed by atoms with Gasteiger partial charge in [-0.05, 0) is 51.1 Å². The Kier molecular flexibility index (Phi) is 4.58. The zero-order valence-corrected chi connectivity index (χ0v) is 12.9. The lowest BCUT2D eigenvalue weighted by atomic mass is 10.3. The van der Waals surface area contributed by atoms with Crippen molar-refractivity contribution in [2.75, 3.05) is 5.32 Å². The maximum Gasteiger partial charge on any atom is 0.221 e. The molecule has 1 N–H and O–H groups in total. The summed E-state index contributed by atoms with van der Waals surface area (Å²) in [4.78, 5) is 15.4. The Morgan fingerprint density at radius 2 is 1.95 bits per heavy atom. The number of carbonyl (C=O) groups is 1. The van der Waals surface area contributed by atoms with E-state index in [0.29, 0.717) is 6.04 Å². The summed E-state index contributed by atoms with van der Waals surface area (Å²) in [5.41, 5.74) is 3.96. The van der Waals surface area contributed by atoms with E-state index in [1.165, 1.54) is 12.6 Å². The molecule has 0 atom stereocenters. The highest BCUT2D eigenvalue weighted by Gasteiger charge is 2.03. The average molecular weight is 283 g/mol. The molecule has 21 heavy (non-hydrogen) atoms. The summed E-state index contributed by atoms with van der Waals surface area (Å²) < 4.78 is 2.22. The molecule has 0 saturated heterocycles. The molecule has 0 aliphatic carbocycles. The van der Waals surface area contributed by atoms with Gasteiger partial charge in [0.05, 0.1) is 5.69 Å². The van der Waals surface area contributed by atoms with Crippen molar-refractivity contribution in [1.82, 2.24) is 4.57 Å². The first kappa shape index (κ1) is 15.0. The van der Waals surface area contributed by atoms with Gasteiger partial charge >= 0.3 is 0 Å². The summed E-state index contributed by atoms with van der Waals surface area (Å²) in [6.45, 7) is 7.91. The second-order valence-corrected chi connectivity index (χ2v) is 5.40. The molecule has 110 valence electrons. The molecule has 4 nitrogen and oxygen atoms in total. The first-order valence-electron chi connectivity index (χ1n) is 7.06. The van der Waals surface area contributed by atoms with Crippen LogP contribution in [-0.4, -0.2) is 16.7 Å². The van der Waals surface area contributed by atoms with E-state index in [2.05, 4.69) is 47.9 Å². The minimum Gasteiger partial charge on any atom is -0.349 e. The number of aliphatic imine (C=N–C) groups is 1. The van der Waals surface area contributed by atoms with Crippen LogP contribution in [0.1, 0.15) is 38.1 Å². The number of nitrogens with one attached hydrogen (secondary N) is 1. The molecule has 0 bridgehead atoms. The second kappa shape index (κ2) is 6.39. The average Bonchev–Trinajstić information content (AvgIpc) is 2.79. The van der Waals surface area contributed by atoms with E-state index in [-0.39, 0.29) is 5.91 Å². The molecule has 0 spiro atoms. The van der Waals surface area contributed by atoms with Crippen molar-refractivity contribution in [3.05, 3.63) is 47.8 Å². The highest BCUT2D eigenvalue weighted by molar-refractivity contribution is 5.89. The van der Waals surface area contributed by atoms with Crippen LogP contribution in [0.2, 0.25) is 0 Å². The second-order valence-electron chi connectivity index (χ2n) is 5.40. The van der Waals surface area contributed by atoms with E-state index in [1.807, 2.05) is 30.5 Å². The topological polar surface area (TPSA) is 46.4 Å². The highest BCUT2D eigenvalue weighted by atomic mass is 16.1. The zero-order chi connectivity index (χ0) is 15.4. The number of nitrogens with zero attached hydrogens (tertiary/aromatic N) is 2. The van der Waals surface area contributed by atoms with Crippen LogP contribution in [0.5, 0.6) is 0 Å². The van der Waals surface area contributed by atoms with Crippen LogP contribution in [0.15, 0.2) is 41.5 Å². The lowest BCUT2D eigenvalue weighted by Gasteiger charge is -2.08. The minimum atomic E-state index is -0.0725. The Balaban J connectivity index is 2.10. The molecule has 0 saturated carbocycles. The molecule has 2 rings (SSSR count). The molecular formula is C17H21N3O. The van der Waals surface area contributed by atoms with Crippen molar-refractivity contribution in [2.24, 2.45) is 4.99 Å². The molecule has 0 fully saturated rings. The summed E-state index contributed by atoms with van der Waals surface area (Å²) in [7, 11) is 0. The van der Waals surface area contributed by atoms with Crippen molar-refractivity contribution < 1.29 is 4.79 Å². The lowest BCUT2D eigenvalue weighted by Crippen LogP contribution is -2.04. The number of anilines is 1. The molecule has 1 heterocycles. The maximum atomic E-state index is 11.0. The van der Waals surface area contributed by atoms with Gasteiger partial charge in [-0.3, -0.25) is 9.79 Å². The summed E-state index contributed by atoms with van der Waals surface area (Å²) in [5, 5.41) is 2.73. The lowest BCUT2D eigenvalue weighted by molar-refractivity contribution is -0.114. The zero-order valence-electron chi connectivity index (χ0n) is 12.9. The fourth-order valence-corrected chi connectivity index (χ4v) is 2.23. The van der Waals surface area contributed by atoms with Crippen molar-refractivity contribution in [1.29, 1.82) is 0 Å². The highest BCUT2D eigenvalue weighted by Crippen LogP contribution is 2.17. The van der Waals surface area contributed by atoms with Gasteiger partial charge in [0.25, 0.3) is 0 Å². The number of aromatic nitrogens is 1. The van der Waals surface area contributed by atoms with Gasteiger partial charge in [-0.2, -0.15) is 0 Å². The summed E-state index contributed by atoms with van der Waals surface area (Å²) in [6, 6.07) is 10.0. The van der Waals surface area contributed by atoms with Crippen LogP contribution in [0.4, 0.5) is 11.4 Å². The van der Waals surface area contributed by atoms with Gasteiger partial charge in [0.1, 0.15) is 0 Å². The third-order valence-corrected chi connectivity index (χ3v) is 3.18. The Labute approximate surface area is 125 Å². The maximum absolute atomic E-state index is 11.0. The fourth-order valence-electron chi connectivity index (χ4n) is 2.23. The normalized spacial score (nSPS) is 11.3. The van der Waals surface area contributed by atoms with Gasteiger partial charge in [-0.15, -0.1) is 0 Å². The van der Waals surface area contributed by atoms with E-state index >= 15 is 0 Å². The van der Waals surface area contributed by atoms with E-state index < -0.39 is 0 Å². The molecule has 0 radical (unpaired) electrons. The standard InChI is InChI=1S/C17H21N3O/c1-12(2)20-11-15(9-13(20)3)10-18-16-5-7-17(8-6-16)19-14(4)21/h5-12H,1-4H3,(H,19,21). The third-order valence-electron chi connectivity index (χ3n) is 3.18. The largest absolute Gasteiger partial charge is 0.349 e. The molecule has 2 aromatic rings. The number of hydrogen-bond donors (Lipinski definition) is 1. The van der Waals surface area contributed by atoms with Crippen molar-refractivity contribution in [3.8, 4) is 0 Å². The van der Waals surface area contributed by atoms with E-state index in [9.17, 15) is 4.79 Å². The van der Waals surface area contributed by atoms with Gasteiger partial charge in [-0.25, -0.2) is 0 Å². The molecule has 4 heteroatoms. The van der Waals surface area contributed by atoms with Crippen LogP contribution >= 0.6 is 0 Å². The number of benzene rings is 1. The van der Waals surface area contributed by atoms with Crippen LogP contribution < -0.4 is 5.32 Å². The monoisotopic (exact) mass is 283 g/mol. The number of carbonyl (C=O) groups excluding carboxylic acids is 1. The Hall–Kier alpha value is -2.36. The van der Waals surface area contributed by atoms with E-state index in [4.69, 9.17) is 0 Å². The molecule has 0 aliphatic heterocycles. The number of amides is 1. The van der Waals surface area contributed by atoms with Crippen molar-refractivity contribution >= 4 is 23.5 Å². The summed E-state index contributed by atoms with van der Waals surface area (Å²) in [6.07, 6.45) is 3.97. The van der Waals surface area contributed by atoms with Crippen LogP contribution in [0.3, 0.4) is 0 Å². The smallest absolute Gasteiger partial charge is 0.221 e. The first-order valence-corrected chi connectivity index (χ1v) is 7.06.